The van der Waals surface area contributed by atoms with Crippen LogP contribution in [0.15, 0.2) is 18.2 Å². The fourth-order valence-electron chi connectivity index (χ4n) is 1.12. The molecule has 0 aliphatic rings. The average molecular weight is 278 g/mol. The quantitative estimate of drug-likeness (QED) is 0.820. The number of benzene rings is 1. The summed E-state index contributed by atoms with van der Waals surface area (Å²) in [4.78, 5) is 0. The molecule has 0 saturated heterocycles. The van der Waals surface area contributed by atoms with Crippen LogP contribution in [0, 0.1) is 5.82 Å². The molecular weight excluding hydrogens is 272 g/mol. The van der Waals surface area contributed by atoms with Crippen molar-refractivity contribution in [1.29, 1.82) is 0 Å². The molecule has 0 fully saturated rings. The van der Waals surface area contributed by atoms with Gasteiger partial charge in [0.2, 0.25) is 0 Å². The molecule has 17 heavy (non-hydrogen) atoms. The number of rotatable bonds is 2. The Morgan fingerprint density at radius 2 is 1.65 bits per heavy atom. The smallest absolute Gasteiger partial charge is 0.319 e. The van der Waals surface area contributed by atoms with E-state index < -0.39 is 29.5 Å². The number of nitrogens with two attached hydrogens (primary N) is 1. The van der Waals surface area contributed by atoms with Gasteiger partial charge in [0.1, 0.15) is 11.9 Å². The van der Waals surface area contributed by atoms with Gasteiger partial charge in [0.15, 0.2) is 0 Å². The van der Waals surface area contributed by atoms with Crippen LogP contribution < -0.4 is 5.73 Å². The Labute approximate surface area is 97.2 Å². The molecule has 1 atom stereocenters. The molecule has 8 heteroatoms. The maximum atomic E-state index is 13.1. The van der Waals surface area contributed by atoms with Crippen molar-refractivity contribution in [2.24, 2.45) is 5.73 Å². The fourth-order valence-corrected chi connectivity index (χ4v) is 1.31. The van der Waals surface area contributed by atoms with E-state index in [1.807, 2.05) is 0 Å². The first-order valence-corrected chi connectivity index (χ1v) is 4.60. The number of hydrogen-bond donors (Lipinski definition) is 1. The van der Waals surface area contributed by atoms with Crippen molar-refractivity contribution in [1.82, 2.24) is 0 Å². The highest BCUT2D eigenvalue weighted by Crippen LogP contribution is 2.44. The Hall–Kier alpha value is -0.950. The molecule has 2 N–H and O–H groups in total. The molecule has 0 saturated carbocycles. The third-order valence-corrected chi connectivity index (χ3v) is 2.30. The highest BCUT2D eigenvalue weighted by molar-refractivity contribution is 6.30. The Bertz CT molecular complexity index is 416. The van der Waals surface area contributed by atoms with E-state index >= 15 is 0 Å². The molecule has 96 valence electrons. The van der Waals surface area contributed by atoms with E-state index in [2.05, 4.69) is 0 Å². The first-order valence-electron chi connectivity index (χ1n) is 4.22. The van der Waals surface area contributed by atoms with Gasteiger partial charge in [0, 0.05) is 10.6 Å². The van der Waals surface area contributed by atoms with Gasteiger partial charge in [-0.05, 0) is 18.2 Å². The van der Waals surface area contributed by atoms with Gasteiger partial charge in [0.25, 0.3) is 0 Å². The molecule has 0 radical (unpaired) electrons. The Morgan fingerprint density at radius 1 is 1.12 bits per heavy atom. The monoisotopic (exact) mass is 277 g/mol. The lowest BCUT2D eigenvalue weighted by molar-refractivity contribution is -0.291. The summed E-state index contributed by atoms with van der Waals surface area (Å²) in [5.41, 5.74) is 3.77. The molecular formula is C9H6ClF6N. The zero-order chi connectivity index (χ0) is 13.4. The van der Waals surface area contributed by atoms with Gasteiger partial charge < -0.3 is 5.73 Å². The summed E-state index contributed by atoms with van der Waals surface area (Å²) in [5.74, 6) is -6.51. The van der Waals surface area contributed by atoms with Crippen molar-refractivity contribution in [3.05, 3.63) is 34.6 Å². The zero-order valence-electron chi connectivity index (χ0n) is 8.03. The number of hydrogen-bond acceptors (Lipinski definition) is 1. The van der Waals surface area contributed by atoms with Crippen molar-refractivity contribution < 1.29 is 26.3 Å². The van der Waals surface area contributed by atoms with E-state index in [9.17, 15) is 26.3 Å². The van der Waals surface area contributed by atoms with Crippen LogP contribution in [0.2, 0.25) is 5.02 Å². The van der Waals surface area contributed by atoms with Crippen LogP contribution in [0.5, 0.6) is 0 Å². The summed E-state index contributed by atoms with van der Waals surface area (Å²) < 4.78 is 74.9. The van der Waals surface area contributed by atoms with Gasteiger partial charge in [-0.3, -0.25) is 0 Å². The number of alkyl halides is 5. The molecule has 1 aromatic rings. The van der Waals surface area contributed by atoms with Gasteiger partial charge in [-0.1, -0.05) is 11.6 Å². The van der Waals surface area contributed by atoms with Gasteiger partial charge in [-0.15, -0.1) is 0 Å². The van der Waals surface area contributed by atoms with Crippen molar-refractivity contribution in [3.8, 4) is 0 Å². The summed E-state index contributed by atoms with van der Waals surface area (Å²) in [5, 5.41) is -0.185. The summed E-state index contributed by atoms with van der Waals surface area (Å²) in [6, 6.07) is -0.523. The lowest BCUT2D eigenvalue weighted by Gasteiger charge is -2.26. The molecule has 0 aliphatic heterocycles. The van der Waals surface area contributed by atoms with Crippen LogP contribution in [-0.2, 0) is 0 Å². The molecule has 0 unspecified atom stereocenters. The number of halogens is 7. The largest absolute Gasteiger partial charge is 0.455 e. The van der Waals surface area contributed by atoms with Crippen molar-refractivity contribution >= 4 is 11.6 Å². The summed E-state index contributed by atoms with van der Waals surface area (Å²) in [6.45, 7) is 0. The molecule has 1 rings (SSSR count). The van der Waals surface area contributed by atoms with Crippen LogP contribution in [0.3, 0.4) is 0 Å². The van der Waals surface area contributed by atoms with E-state index in [1.165, 1.54) is 0 Å². The Balaban J connectivity index is 3.21. The minimum absolute atomic E-state index is 0.185. The van der Waals surface area contributed by atoms with Crippen LogP contribution >= 0.6 is 11.6 Å². The third kappa shape index (κ3) is 2.66. The summed E-state index contributed by atoms with van der Waals surface area (Å²) in [7, 11) is 0. The molecule has 1 nitrogen and oxygen atoms in total. The normalized spacial score (nSPS) is 14.8. The topological polar surface area (TPSA) is 26.0 Å². The maximum absolute atomic E-state index is 13.1. The van der Waals surface area contributed by atoms with Crippen LogP contribution in [0.4, 0.5) is 26.3 Å². The average Bonchev–Trinajstić information content (AvgIpc) is 2.19. The molecule has 0 aromatic heterocycles. The van der Waals surface area contributed by atoms with Crippen molar-refractivity contribution in [3.63, 3.8) is 0 Å². The zero-order valence-corrected chi connectivity index (χ0v) is 8.79. The maximum Gasteiger partial charge on any atom is 0.455 e. The minimum Gasteiger partial charge on any atom is -0.319 e. The van der Waals surface area contributed by atoms with E-state index in [4.69, 9.17) is 17.3 Å². The van der Waals surface area contributed by atoms with Gasteiger partial charge in [-0.2, -0.15) is 22.0 Å². The van der Waals surface area contributed by atoms with Crippen molar-refractivity contribution in [2.75, 3.05) is 0 Å². The Morgan fingerprint density at radius 3 is 2.12 bits per heavy atom. The predicted octanol–water partition coefficient (Wildman–Crippen LogP) is 3.68. The second-order valence-electron chi connectivity index (χ2n) is 3.26. The first-order chi connectivity index (χ1) is 7.57. The third-order valence-electron chi connectivity index (χ3n) is 2.06. The summed E-state index contributed by atoms with van der Waals surface area (Å²) in [6.07, 6.45) is -5.86. The second kappa shape index (κ2) is 4.38. The minimum atomic E-state index is -5.86. The highest BCUT2D eigenvalue weighted by Gasteiger charge is 2.62. The second-order valence-corrected chi connectivity index (χ2v) is 3.70. The van der Waals surface area contributed by atoms with Gasteiger partial charge in [0.05, 0.1) is 0 Å². The summed E-state index contributed by atoms with van der Waals surface area (Å²) >= 11 is 5.38. The van der Waals surface area contributed by atoms with Crippen LogP contribution in [-0.4, -0.2) is 12.1 Å². The predicted molar refractivity (Wildman–Crippen MR) is 49.3 cm³/mol. The van der Waals surface area contributed by atoms with Crippen LogP contribution in [0.1, 0.15) is 11.6 Å². The highest BCUT2D eigenvalue weighted by atomic mass is 35.5. The lowest BCUT2D eigenvalue weighted by Crippen LogP contribution is -2.46. The molecule has 1 aromatic carbocycles. The van der Waals surface area contributed by atoms with Gasteiger partial charge >= 0.3 is 12.1 Å². The van der Waals surface area contributed by atoms with E-state index in [0.29, 0.717) is 12.1 Å². The van der Waals surface area contributed by atoms with E-state index in [0.717, 1.165) is 6.07 Å². The molecule has 0 amide bonds. The van der Waals surface area contributed by atoms with Gasteiger partial charge in [-0.25, -0.2) is 4.39 Å². The van der Waals surface area contributed by atoms with E-state index in [-0.39, 0.29) is 5.02 Å². The fraction of sp³-hybridized carbons (Fsp3) is 0.333. The SMILES string of the molecule is N[C@H](c1cc(Cl)ccc1F)C(F)(F)C(F)(F)F. The van der Waals surface area contributed by atoms with Crippen molar-refractivity contribution in [2.45, 2.75) is 18.1 Å². The molecule has 0 bridgehead atoms. The Kier molecular flexibility index (Phi) is 3.63. The molecule has 0 spiro atoms. The lowest BCUT2D eigenvalue weighted by atomic mass is 10.0. The standard InChI is InChI=1S/C9H6ClF6N/c10-4-1-2-6(11)5(3-4)7(17)8(12,13)9(14,15)16/h1-3,7H,17H2/t7-/m1/s1. The van der Waals surface area contributed by atoms with Crippen LogP contribution in [0.25, 0.3) is 0 Å². The molecule has 0 aliphatic carbocycles. The molecule has 0 heterocycles. The first kappa shape index (κ1) is 14.1. The van der Waals surface area contributed by atoms with E-state index in [1.54, 1.807) is 0 Å².